The van der Waals surface area contributed by atoms with E-state index in [0.29, 0.717) is 44.3 Å². The third-order valence-corrected chi connectivity index (χ3v) is 7.80. The quantitative estimate of drug-likeness (QED) is 0.703. The number of ether oxygens (including phenoxy) is 2. The summed E-state index contributed by atoms with van der Waals surface area (Å²) in [5.74, 6) is 1.63. The summed E-state index contributed by atoms with van der Waals surface area (Å²) in [7, 11) is 0. The van der Waals surface area contributed by atoms with Crippen LogP contribution in [0.25, 0.3) is 0 Å². The predicted molar refractivity (Wildman–Crippen MR) is 121 cm³/mol. The highest BCUT2D eigenvalue weighted by Gasteiger charge is 2.53. The fourth-order valence-corrected chi connectivity index (χ4v) is 5.76. The lowest BCUT2D eigenvalue weighted by molar-refractivity contribution is -0.140. The molecule has 1 aromatic rings. The van der Waals surface area contributed by atoms with Crippen molar-refractivity contribution < 1.29 is 23.9 Å². The second-order valence-corrected chi connectivity index (χ2v) is 9.76. The number of likely N-dealkylation sites (tertiary alicyclic amines) is 1. The second kappa shape index (κ2) is 8.88. The van der Waals surface area contributed by atoms with Gasteiger partial charge in [0.15, 0.2) is 11.5 Å². The molecular weight excluding hydrogens is 422 g/mol. The van der Waals surface area contributed by atoms with Crippen LogP contribution in [0, 0.1) is 5.92 Å². The van der Waals surface area contributed by atoms with E-state index in [2.05, 4.69) is 12.2 Å². The van der Waals surface area contributed by atoms with E-state index < -0.39 is 11.6 Å². The molecule has 4 aliphatic rings. The minimum Gasteiger partial charge on any atom is -0.490 e. The number of rotatable bonds is 4. The molecule has 178 valence electrons. The van der Waals surface area contributed by atoms with Crippen molar-refractivity contribution in [3.05, 3.63) is 23.8 Å². The van der Waals surface area contributed by atoms with Gasteiger partial charge in [-0.05, 0) is 62.1 Å². The van der Waals surface area contributed by atoms with Crippen LogP contribution in [0.3, 0.4) is 0 Å². The van der Waals surface area contributed by atoms with E-state index in [4.69, 9.17) is 9.47 Å². The molecule has 8 heteroatoms. The van der Waals surface area contributed by atoms with E-state index in [-0.39, 0.29) is 24.4 Å². The molecule has 8 nitrogen and oxygen atoms in total. The molecule has 3 aliphatic heterocycles. The van der Waals surface area contributed by atoms with Crippen molar-refractivity contribution in [1.29, 1.82) is 0 Å². The molecule has 0 aromatic heterocycles. The number of amides is 4. The topological polar surface area (TPSA) is 88.2 Å². The molecule has 1 spiro atoms. The molecule has 0 unspecified atom stereocenters. The Kier molecular flexibility index (Phi) is 5.93. The van der Waals surface area contributed by atoms with Crippen LogP contribution in [0.5, 0.6) is 11.5 Å². The first-order valence-electron chi connectivity index (χ1n) is 12.3. The van der Waals surface area contributed by atoms with Gasteiger partial charge in [-0.2, -0.15) is 0 Å². The normalized spacial score (nSPS) is 29.4. The number of urea groups is 1. The number of nitrogens with one attached hydrogen (secondary N) is 1. The fourth-order valence-electron chi connectivity index (χ4n) is 5.76. The highest BCUT2D eigenvalue weighted by atomic mass is 16.5. The molecular formula is C25H33N3O5. The first kappa shape index (κ1) is 22.0. The highest BCUT2D eigenvalue weighted by Crippen LogP contribution is 2.39. The van der Waals surface area contributed by atoms with E-state index in [9.17, 15) is 14.4 Å². The van der Waals surface area contributed by atoms with Gasteiger partial charge in [0.1, 0.15) is 12.1 Å². The summed E-state index contributed by atoms with van der Waals surface area (Å²) < 4.78 is 11.6. The van der Waals surface area contributed by atoms with E-state index in [1.54, 1.807) is 4.90 Å². The molecule has 3 heterocycles. The number of carbonyl (C=O) groups is 3. The molecule has 1 N–H and O–H groups in total. The molecule has 4 amide bonds. The zero-order chi connectivity index (χ0) is 23.0. The van der Waals surface area contributed by atoms with Crippen molar-refractivity contribution in [2.75, 3.05) is 26.3 Å². The first-order valence-corrected chi connectivity index (χ1v) is 12.3. The standard InChI is InChI=1S/C25H33N3O5/c1-2-17-8-10-25(11-9-17)23(30)28(24(31)26-25)16-22(29)27-12-3-5-19(27)18-6-7-20-21(15-18)33-14-4-13-32-20/h6-7,15,17,19H,2-5,8-14,16H2,1H3,(H,26,31)/t17?,19-,25?/m0/s1. The monoisotopic (exact) mass is 455 g/mol. The Morgan fingerprint density at radius 2 is 1.85 bits per heavy atom. The Hall–Kier alpha value is -2.77. The van der Waals surface area contributed by atoms with Gasteiger partial charge in [-0.25, -0.2) is 4.79 Å². The zero-order valence-corrected chi connectivity index (χ0v) is 19.3. The van der Waals surface area contributed by atoms with Gasteiger partial charge < -0.3 is 19.7 Å². The van der Waals surface area contributed by atoms with Crippen LogP contribution in [0.4, 0.5) is 4.79 Å². The van der Waals surface area contributed by atoms with Gasteiger partial charge in [0.2, 0.25) is 5.91 Å². The van der Waals surface area contributed by atoms with Gasteiger partial charge >= 0.3 is 6.03 Å². The minimum absolute atomic E-state index is 0.0932. The number of carbonyl (C=O) groups excluding carboxylic acids is 3. The summed E-state index contributed by atoms with van der Waals surface area (Å²) in [6.07, 6.45) is 6.84. The van der Waals surface area contributed by atoms with E-state index in [0.717, 1.165) is 54.7 Å². The zero-order valence-electron chi connectivity index (χ0n) is 19.3. The fraction of sp³-hybridized carbons (Fsp3) is 0.640. The number of fused-ring (bicyclic) bond motifs is 1. The lowest BCUT2D eigenvalue weighted by Crippen LogP contribution is -2.50. The van der Waals surface area contributed by atoms with Crippen LogP contribution in [0.2, 0.25) is 0 Å². The molecule has 0 bridgehead atoms. The van der Waals surface area contributed by atoms with Crippen LogP contribution >= 0.6 is 0 Å². The molecule has 1 aromatic carbocycles. The van der Waals surface area contributed by atoms with Crippen LogP contribution in [0.1, 0.15) is 69.9 Å². The maximum atomic E-state index is 13.3. The summed E-state index contributed by atoms with van der Waals surface area (Å²) in [4.78, 5) is 42.1. The molecule has 1 saturated carbocycles. The van der Waals surface area contributed by atoms with Gasteiger partial charge in [0, 0.05) is 13.0 Å². The molecule has 1 aliphatic carbocycles. The Labute approximate surface area is 194 Å². The average molecular weight is 456 g/mol. The minimum atomic E-state index is -0.818. The molecule has 1 atom stereocenters. The van der Waals surface area contributed by atoms with Crippen molar-refractivity contribution in [3.63, 3.8) is 0 Å². The van der Waals surface area contributed by atoms with E-state index in [1.165, 1.54) is 0 Å². The lowest BCUT2D eigenvalue weighted by Gasteiger charge is -2.34. The van der Waals surface area contributed by atoms with Crippen LogP contribution in [0.15, 0.2) is 18.2 Å². The lowest BCUT2D eigenvalue weighted by atomic mass is 9.75. The largest absolute Gasteiger partial charge is 0.490 e. The van der Waals surface area contributed by atoms with Crippen molar-refractivity contribution >= 4 is 17.8 Å². The van der Waals surface area contributed by atoms with E-state index >= 15 is 0 Å². The van der Waals surface area contributed by atoms with Crippen molar-refractivity contribution in [1.82, 2.24) is 15.1 Å². The summed E-state index contributed by atoms with van der Waals surface area (Å²) in [6, 6.07) is 5.33. The summed E-state index contributed by atoms with van der Waals surface area (Å²) >= 11 is 0. The number of imide groups is 1. The maximum absolute atomic E-state index is 13.3. The van der Waals surface area contributed by atoms with Crippen LogP contribution in [-0.2, 0) is 9.59 Å². The number of nitrogens with zero attached hydrogens (tertiary/aromatic N) is 2. The molecule has 33 heavy (non-hydrogen) atoms. The van der Waals surface area contributed by atoms with Gasteiger partial charge in [0.25, 0.3) is 5.91 Å². The summed E-state index contributed by atoms with van der Waals surface area (Å²) in [5.41, 5.74) is 0.179. The second-order valence-electron chi connectivity index (χ2n) is 9.76. The van der Waals surface area contributed by atoms with Crippen molar-refractivity contribution in [2.24, 2.45) is 5.92 Å². The van der Waals surface area contributed by atoms with Gasteiger partial charge in [-0.3, -0.25) is 14.5 Å². The first-order chi connectivity index (χ1) is 16.0. The van der Waals surface area contributed by atoms with Crippen molar-refractivity contribution in [2.45, 2.75) is 69.9 Å². The van der Waals surface area contributed by atoms with Gasteiger partial charge in [-0.15, -0.1) is 0 Å². The Bertz CT molecular complexity index is 940. The number of benzene rings is 1. The smallest absolute Gasteiger partial charge is 0.325 e. The molecule has 2 saturated heterocycles. The number of hydrogen-bond donors (Lipinski definition) is 1. The molecule has 0 radical (unpaired) electrons. The predicted octanol–water partition coefficient (Wildman–Crippen LogP) is 3.40. The van der Waals surface area contributed by atoms with Crippen LogP contribution in [-0.4, -0.2) is 59.5 Å². The summed E-state index contributed by atoms with van der Waals surface area (Å²) in [6.45, 7) is 3.82. The molecule has 3 fully saturated rings. The summed E-state index contributed by atoms with van der Waals surface area (Å²) in [5, 5.41) is 2.93. The Balaban J connectivity index is 1.28. The highest BCUT2D eigenvalue weighted by molar-refractivity contribution is 6.09. The average Bonchev–Trinajstić information content (AvgIpc) is 3.30. The number of hydrogen-bond acceptors (Lipinski definition) is 5. The maximum Gasteiger partial charge on any atom is 0.325 e. The Morgan fingerprint density at radius 3 is 2.61 bits per heavy atom. The van der Waals surface area contributed by atoms with Gasteiger partial charge in [0.05, 0.1) is 19.3 Å². The van der Waals surface area contributed by atoms with E-state index in [1.807, 2.05) is 18.2 Å². The third kappa shape index (κ3) is 4.04. The Morgan fingerprint density at radius 1 is 1.09 bits per heavy atom. The van der Waals surface area contributed by atoms with Crippen molar-refractivity contribution in [3.8, 4) is 11.5 Å². The van der Waals surface area contributed by atoms with Gasteiger partial charge in [-0.1, -0.05) is 19.4 Å². The third-order valence-electron chi connectivity index (χ3n) is 7.80. The molecule has 5 rings (SSSR count). The SMILES string of the molecule is CCC1CCC2(CC1)NC(=O)N(CC(=O)N1CCC[C@H]1c1ccc3c(c1)OCCCO3)C2=O. The van der Waals surface area contributed by atoms with Crippen LogP contribution < -0.4 is 14.8 Å².